The molecule has 3 aromatic carbocycles. The summed E-state index contributed by atoms with van der Waals surface area (Å²) in [5.41, 5.74) is 3.11. The highest BCUT2D eigenvalue weighted by Crippen LogP contribution is 2.37. The zero-order valence-electron chi connectivity index (χ0n) is 12.5. The van der Waals surface area contributed by atoms with Crippen molar-refractivity contribution in [3.05, 3.63) is 102 Å². The maximum Gasteiger partial charge on any atom is 0.707 e. The second-order valence-electron chi connectivity index (χ2n) is 5.24. The maximum atomic E-state index is 9.19. The van der Waals surface area contributed by atoms with E-state index in [4.69, 9.17) is 4.65 Å². The van der Waals surface area contributed by atoms with Gasteiger partial charge in [-0.25, -0.2) is 0 Å². The molecule has 0 heterocycles. The van der Waals surface area contributed by atoms with Crippen LogP contribution in [0, 0.1) is 0 Å². The topological polar surface area (TPSA) is 49.7 Å². The third kappa shape index (κ3) is 3.62. The maximum absolute atomic E-state index is 9.19. The minimum absolute atomic E-state index is 0.0488. The number of hydrogen-bond donors (Lipinski definition) is 2. The fraction of sp³-hybridized carbons (Fsp3) is 0.0526. The molecule has 0 saturated heterocycles. The van der Waals surface area contributed by atoms with E-state index in [-0.39, 0.29) is 5.92 Å². The van der Waals surface area contributed by atoms with Gasteiger partial charge in [0.2, 0.25) is 0 Å². The highest BCUT2D eigenvalue weighted by Gasteiger charge is 2.22. The molecule has 0 fully saturated rings. The van der Waals surface area contributed by atoms with E-state index in [1.54, 1.807) is 6.07 Å². The van der Waals surface area contributed by atoms with E-state index in [0.29, 0.717) is 5.75 Å². The minimum Gasteiger partial charge on any atom is -0.512 e. The molecule has 0 aromatic heterocycles. The molecule has 0 bridgehead atoms. The molecule has 23 heavy (non-hydrogen) atoms. The lowest BCUT2D eigenvalue weighted by Gasteiger charge is -2.22. The SMILES string of the molecule is OB(O)Oc1ccccc1C(c1ccccc1)c1ccccc1. The van der Waals surface area contributed by atoms with Gasteiger partial charge in [-0.15, -0.1) is 0 Å². The standard InChI is InChI=1S/C19H17BO3/c21-20(22)23-18-14-8-7-13-17(18)19(15-9-3-1-4-10-15)16-11-5-2-6-12-16/h1-14,19,21-22H. The van der Waals surface area contributed by atoms with Crippen molar-refractivity contribution in [3.8, 4) is 5.75 Å². The Balaban J connectivity index is 2.14. The molecule has 0 atom stereocenters. The summed E-state index contributed by atoms with van der Waals surface area (Å²) in [6.45, 7) is 0. The summed E-state index contributed by atoms with van der Waals surface area (Å²) >= 11 is 0. The third-order valence-corrected chi connectivity index (χ3v) is 3.73. The summed E-state index contributed by atoms with van der Waals surface area (Å²) in [6, 6.07) is 27.6. The lowest BCUT2D eigenvalue weighted by Crippen LogP contribution is -2.22. The minimum atomic E-state index is -1.84. The van der Waals surface area contributed by atoms with Crippen LogP contribution in [0.4, 0.5) is 0 Å². The Morgan fingerprint density at radius 1 is 0.652 bits per heavy atom. The monoisotopic (exact) mass is 304 g/mol. The van der Waals surface area contributed by atoms with Crippen LogP contribution >= 0.6 is 0 Å². The van der Waals surface area contributed by atoms with Crippen molar-refractivity contribution >= 4 is 7.32 Å². The van der Waals surface area contributed by atoms with Gasteiger partial charge >= 0.3 is 7.32 Å². The zero-order valence-corrected chi connectivity index (χ0v) is 12.5. The van der Waals surface area contributed by atoms with E-state index >= 15 is 0 Å². The Hall–Kier alpha value is -2.56. The van der Waals surface area contributed by atoms with Crippen LogP contribution in [-0.4, -0.2) is 17.4 Å². The van der Waals surface area contributed by atoms with Gasteiger partial charge in [0.05, 0.1) is 0 Å². The molecule has 0 saturated carbocycles. The molecule has 0 unspecified atom stereocenters. The lowest BCUT2D eigenvalue weighted by atomic mass is 9.84. The van der Waals surface area contributed by atoms with Gasteiger partial charge in [-0.05, 0) is 17.2 Å². The number of benzene rings is 3. The lowest BCUT2D eigenvalue weighted by molar-refractivity contribution is 0.287. The third-order valence-electron chi connectivity index (χ3n) is 3.73. The normalized spacial score (nSPS) is 10.6. The predicted octanol–water partition coefficient (Wildman–Crippen LogP) is 3.22. The Labute approximate surface area is 136 Å². The molecular formula is C19H17BO3. The van der Waals surface area contributed by atoms with E-state index in [1.165, 1.54) is 0 Å². The highest BCUT2D eigenvalue weighted by molar-refractivity contribution is 6.33. The number of para-hydroxylation sites is 1. The molecule has 0 aliphatic heterocycles. The summed E-state index contributed by atoms with van der Waals surface area (Å²) in [5, 5.41) is 18.4. The molecule has 0 spiro atoms. The summed E-state index contributed by atoms with van der Waals surface area (Å²) < 4.78 is 5.18. The van der Waals surface area contributed by atoms with E-state index in [1.807, 2.05) is 54.6 Å². The fourth-order valence-electron chi connectivity index (χ4n) is 2.78. The van der Waals surface area contributed by atoms with Crippen molar-refractivity contribution in [2.75, 3.05) is 0 Å². The van der Waals surface area contributed by atoms with E-state index in [2.05, 4.69) is 24.3 Å². The number of hydrogen-bond acceptors (Lipinski definition) is 3. The average Bonchev–Trinajstić information content (AvgIpc) is 2.58. The first-order valence-corrected chi connectivity index (χ1v) is 7.47. The first-order chi connectivity index (χ1) is 11.3. The van der Waals surface area contributed by atoms with E-state index < -0.39 is 7.32 Å². The quantitative estimate of drug-likeness (QED) is 0.562. The second kappa shape index (κ2) is 7.14. The molecule has 0 aliphatic rings. The smallest absolute Gasteiger partial charge is 0.512 e. The van der Waals surface area contributed by atoms with Gasteiger partial charge < -0.3 is 14.7 Å². The van der Waals surface area contributed by atoms with E-state index in [0.717, 1.165) is 16.7 Å². The van der Waals surface area contributed by atoms with Crippen molar-refractivity contribution in [2.45, 2.75) is 5.92 Å². The molecule has 2 N–H and O–H groups in total. The molecule has 0 radical (unpaired) electrons. The fourth-order valence-corrected chi connectivity index (χ4v) is 2.78. The van der Waals surface area contributed by atoms with Crippen molar-refractivity contribution < 1.29 is 14.7 Å². The molecule has 0 amide bonds. The van der Waals surface area contributed by atoms with Crippen LogP contribution < -0.4 is 4.65 Å². The Bertz CT molecular complexity index is 705. The van der Waals surface area contributed by atoms with Crippen LogP contribution in [0.5, 0.6) is 5.75 Å². The van der Waals surface area contributed by atoms with Crippen molar-refractivity contribution in [3.63, 3.8) is 0 Å². The second-order valence-corrected chi connectivity index (χ2v) is 5.24. The van der Waals surface area contributed by atoms with Gasteiger partial charge in [0.15, 0.2) is 0 Å². The van der Waals surface area contributed by atoms with Gasteiger partial charge in [0, 0.05) is 11.5 Å². The van der Waals surface area contributed by atoms with Crippen LogP contribution in [0.2, 0.25) is 0 Å². The Kier molecular flexibility index (Phi) is 4.76. The van der Waals surface area contributed by atoms with Gasteiger partial charge in [0.25, 0.3) is 0 Å². The molecule has 3 nitrogen and oxygen atoms in total. The summed E-state index contributed by atoms with van der Waals surface area (Å²) in [5.74, 6) is 0.410. The van der Waals surface area contributed by atoms with Crippen molar-refractivity contribution in [1.82, 2.24) is 0 Å². The summed E-state index contributed by atoms with van der Waals surface area (Å²) in [7, 11) is -1.84. The molecular weight excluding hydrogens is 287 g/mol. The molecule has 114 valence electrons. The number of rotatable bonds is 5. The first-order valence-electron chi connectivity index (χ1n) is 7.47. The van der Waals surface area contributed by atoms with Gasteiger partial charge in [-0.2, -0.15) is 0 Å². The van der Waals surface area contributed by atoms with Gasteiger partial charge in [-0.1, -0.05) is 78.9 Å². The largest absolute Gasteiger partial charge is 0.707 e. The average molecular weight is 304 g/mol. The van der Waals surface area contributed by atoms with Crippen LogP contribution in [0.3, 0.4) is 0 Å². The van der Waals surface area contributed by atoms with Crippen LogP contribution in [0.1, 0.15) is 22.6 Å². The Morgan fingerprint density at radius 2 is 1.13 bits per heavy atom. The molecule has 3 aromatic rings. The molecule has 4 heteroatoms. The molecule has 3 rings (SSSR count). The molecule has 0 aliphatic carbocycles. The van der Waals surface area contributed by atoms with Crippen LogP contribution in [0.25, 0.3) is 0 Å². The highest BCUT2D eigenvalue weighted by atomic mass is 16.6. The van der Waals surface area contributed by atoms with Crippen LogP contribution in [-0.2, 0) is 0 Å². The summed E-state index contributed by atoms with van der Waals surface area (Å²) in [6.07, 6.45) is 0. The Morgan fingerprint density at radius 3 is 1.65 bits per heavy atom. The first kappa shape index (κ1) is 15.3. The van der Waals surface area contributed by atoms with Crippen molar-refractivity contribution in [1.29, 1.82) is 0 Å². The van der Waals surface area contributed by atoms with E-state index in [9.17, 15) is 10.0 Å². The van der Waals surface area contributed by atoms with Crippen LogP contribution in [0.15, 0.2) is 84.9 Å². The zero-order chi connectivity index (χ0) is 16.1. The van der Waals surface area contributed by atoms with Crippen molar-refractivity contribution in [2.24, 2.45) is 0 Å². The predicted molar refractivity (Wildman–Crippen MR) is 91.1 cm³/mol. The van der Waals surface area contributed by atoms with Gasteiger partial charge in [0.1, 0.15) is 5.75 Å². The van der Waals surface area contributed by atoms with Gasteiger partial charge in [-0.3, -0.25) is 0 Å². The summed E-state index contributed by atoms with van der Waals surface area (Å²) in [4.78, 5) is 0.